The summed E-state index contributed by atoms with van der Waals surface area (Å²) in [6.07, 6.45) is 2.46. The van der Waals surface area contributed by atoms with Gasteiger partial charge in [-0.2, -0.15) is 11.3 Å². The van der Waals surface area contributed by atoms with Gasteiger partial charge in [-0.05, 0) is 61.7 Å². The van der Waals surface area contributed by atoms with E-state index in [-0.39, 0.29) is 23.8 Å². The number of likely N-dealkylation sites (tertiary alicyclic amines) is 1. The molecule has 3 N–H and O–H groups in total. The molecule has 2 rings (SSSR count). The molecule has 0 unspecified atom stereocenters. The summed E-state index contributed by atoms with van der Waals surface area (Å²) in [5, 5.41) is 7.27. The van der Waals surface area contributed by atoms with Crippen molar-refractivity contribution in [1.82, 2.24) is 10.2 Å². The summed E-state index contributed by atoms with van der Waals surface area (Å²) in [5.41, 5.74) is 6.46. The molecular weight excluding hydrogens is 286 g/mol. The zero-order valence-electron chi connectivity index (χ0n) is 12.4. The lowest BCUT2D eigenvalue weighted by molar-refractivity contribution is -0.127. The van der Waals surface area contributed by atoms with Gasteiger partial charge in [0.1, 0.15) is 0 Å². The van der Waals surface area contributed by atoms with Crippen LogP contribution in [-0.4, -0.2) is 42.4 Å². The average Bonchev–Trinajstić information content (AvgIpc) is 2.91. The monoisotopic (exact) mass is 309 g/mol. The van der Waals surface area contributed by atoms with Gasteiger partial charge in [0.05, 0.1) is 6.54 Å². The van der Waals surface area contributed by atoms with E-state index < -0.39 is 0 Å². The van der Waals surface area contributed by atoms with Crippen molar-refractivity contribution in [3.05, 3.63) is 22.4 Å². The van der Waals surface area contributed by atoms with Gasteiger partial charge in [0.2, 0.25) is 11.8 Å². The number of thiophene rings is 1. The number of piperidine rings is 1. The minimum Gasteiger partial charge on any atom is -0.369 e. The van der Waals surface area contributed by atoms with Gasteiger partial charge in [-0.1, -0.05) is 0 Å². The first-order valence-electron chi connectivity index (χ1n) is 7.36. The van der Waals surface area contributed by atoms with E-state index in [4.69, 9.17) is 5.73 Å². The van der Waals surface area contributed by atoms with E-state index in [1.165, 1.54) is 5.56 Å². The molecule has 1 atom stereocenters. The molecule has 2 amide bonds. The quantitative estimate of drug-likeness (QED) is 0.823. The number of hydrogen-bond acceptors (Lipinski definition) is 4. The predicted octanol–water partition coefficient (Wildman–Crippen LogP) is 0.993. The Bertz CT molecular complexity index is 467. The molecule has 2 heterocycles. The summed E-state index contributed by atoms with van der Waals surface area (Å²) in [6.45, 7) is 3.86. The number of rotatable bonds is 6. The maximum atomic E-state index is 12.2. The van der Waals surface area contributed by atoms with Crippen LogP contribution in [0.3, 0.4) is 0 Å². The molecule has 0 bridgehead atoms. The molecule has 116 valence electrons. The van der Waals surface area contributed by atoms with Crippen molar-refractivity contribution in [2.24, 2.45) is 11.7 Å². The fourth-order valence-electron chi connectivity index (χ4n) is 2.75. The van der Waals surface area contributed by atoms with Gasteiger partial charge in [-0.15, -0.1) is 0 Å². The van der Waals surface area contributed by atoms with E-state index >= 15 is 0 Å². The van der Waals surface area contributed by atoms with Crippen LogP contribution < -0.4 is 11.1 Å². The molecule has 0 radical (unpaired) electrons. The van der Waals surface area contributed by atoms with Crippen molar-refractivity contribution in [3.63, 3.8) is 0 Å². The predicted molar refractivity (Wildman–Crippen MR) is 84.0 cm³/mol. The van der Waals surface area contributed by atoms with E-state index in [1.807, 2.05) is 11.8 Å². The minimum atomic E-state index is -0.303. The fourth-order valence-corrected chi connectivity index (χ4v) is 3.43. The molecule has 1 aliphatic heterocycles. The Morgan fingerprint density at radius 2 is 2.19 bits per heavy atom. The van der Waals surface area contributed by atoms with Crippen molar-refractivity contribution in [3.8, 4) is 0 Å². The van der Waals surface area contributed by atoms with E-state index in [0.29, 0.717) is 6.54 Å². The lowest BCUT2D eigenvalue weighted by Crippen LogP contribution is -2.45. The van der Waals surface area contributed by atoms with Crippen LogP contribution in [0, 0.1) is 5.92 Å². The molecular formula is C15H23N3O2S. The number of hydrogen-bond donors (Lipinski definition) is 2. The highest BCUT2D eigenvalue weighted by atomic mass is 32.1. The molecule has 1 aromatic rings. The van der Waals surface area contributed by atoms with Crippen molar-refractivity contribution >= 4 is 23.2 Å². The third kappa shape index (κ3) is 5.13. The van der Waals surface area contributed by atoms with Crippen LogP contribution in [0.4, 0.5) is 0 Å². The number of carbonyl (C=O) groups is 2. The van der Waals surface area contributed by atoms with Crippen molar-refractivity contribution < 1.29 is 9.59 Å². The second-order valence-electron chi connectivity index (χ2n) is 5.76. The fraction of sp³-hybridized carbons (Fsp3) is 0.600. The Morgan fingerprint density at radius 1 is 1.48 bits per heavy atom. The molecule has 21 heavy (non-hydrogen) atoms. The Morgan fingerprint density at radius 3 is 2.76 bits per heavy atom. The van der Waals surface area contributed by atoms with E-state index in [1.54, 1.807) is 11.3 Å². The van der Waals surface area contributed by atoms with Gasteiger partial charge in [0.15, 0.2) is 0 Å². The Labute approximate surface area is 129 Å². The lowest BCUT2D eigenvalue weighted by atomic mass is 9.95. The van der Waals surface area contributed by atoms with Crippen molar-refractivity contribution in [1.29, 1.82) is 0 Å². The molecule has 6 heteroatoms. The number of nitrogens with one attached hydrogen (secondary N) is 1. The third-order valence-corrected chi connectivity index (χ3v) is 4.58. The number of primary amides is 1. The second kappa shape index (κ2) is 7.56. The van der Waals surface area contributed by atoms with Crippen LogP contribution in [0.15, 0.2) is 16.8 Å². The summed E-state index contributed by atoms with van der Waals surface area (Å²) in [5.74, 6) is -0.113. The molecule has 5 nitrogen and oxygen atoms in total. The Hall–Kier alpha value is -1.40. The number of carbonyl (C=O) groups excluding carboxylic acids is 2. The molecule has 1 fully saturated rings. The second-order valence-corrected chi connectivity index (χ2v) is 6.54. The molecule has 1 aromatic heterocycles. The van der Waals surface area contributed by atoms with Crippen LogP contribution in [-0.2, 0) is 16.0 Å². The summed E-state index contributed by atoms with van der Waals surface area (Å²) < 4.78 is 0. The first kappa shape index (κ1) is 16.0. The number of nitrogens with two attached hydrogens (primary N) is 1. The van der Waals surface area contributed by atoms with Crippen molar-refractivity contribution in [2.45, 2.75) is 32.2 Å². The SMILES string of the molecule is C[C@@H](Cc1ccsc1)NC(=O)C1CCN(CC(N)=O)CC1. The van der Waals surface area contributed by atoms with Crippen LogP contribution in [0.1, 0.15) is 25.3 Å². The molecule has 0 aliphatic carbocycles. The maximum absolute atomic E-state index is 12.2. The summed E-state index contributed by atoms with van der Waals surface area (Å²) in [4.78, 5) is 25.1. The molecule has 0 aromatic carbocycles. The first-order chi connectivity index (χ1) is 10.0. The topological polar surface area (TPSA) is 75.4 Å². The summed E-state index contributed by atoms with van der Waals surface area (Å²) in [6, 6.07) is 2.24. The largest absolute Gasteiger partial charge is 0.369 e. The molecule has 0 spiro atoms. The number of amides is 2. The standard InChI is InChI=1S/C15H23N3O2S/c1-11(8-12-4-7-21-10-12)17-15(20)13-2-5-18(6-3-13)9-14(16)19/h4,7,10-11,13H,2-3,5-6,8-9H2,1H3,(H2,16,19)(H,17,20)/t11-/m0/s1. The number of nitrogens with zero attached hydrogens (tertiary/aromatic N) is 1. The van der Waals surface area contributed by atoms with Gasteiger partial charge < -0.3 is 11.1 Å². The highest BCUT2D eigenvalue weighted by molar-refractivity contribution is 7.07. The van der Waals surface area contributed by atoms with Gasteiger partial charge in [-0.3, -0.25) is 14.5 Å². The molecule has 1 saturated heterocycles. The van der Waals surface area contributed by atoms with Gasteiger partial charge in [0.25, 0.3) is 0 Å². The lowest BCUT2D eigenvalue weighted by Gasteiger charge is -2.30. The van der Waals surface area contributed by atoms with Gasteiger partial charge >= 0.3 is 0 Å². The van der Waals surface area contributed by atoms with Gasteiger partial charge in [0, 0.05) is 12.0 Å². The third-order valence-electron chi connectivity index (χ3n) is 3.85. The summed E-state index contributed by atoms with van der Waals surface area (Å²) >= 11 is 1.68. The van der Waals surface area contributed by atoms with Crippen LogP contribution >= 0.6 is 11.3 Å². The average molecular weight is 309 g/mol. The summed E-state index contributed by atoms with van der Waals surface area (Å²) in [7, 11) is 0. The van der Waals surface area contributed by atoms with E-state index in [0.717, 1.165) is 32.4 Å². The normalized spacial score (nSPS) is 18.3. The highest BCUT2D eigenvalue weighted by Gasteiger charge is 2.26. The van der Waals surface area contributed by atoms with Crippen LogP contribution in [0.2, 0.25) is 0 Å². The maximum Gasteiger partial charge on any atom is 0.231 e. The minimum absolute atomic E-state index is 0.0547. The Balaban J connectivity index is 1.73. The zero-order chi connectivity index (χ0) is 15.2. The molecule has 1 aliphatic rings. The zero-order valence-corrected chi connectivity index (χ0v) is 13.2. The Kier molecular flexibility index (Phi) is 5.76. The first-order valence-corrected chi connectivity index (χ1v) is 8.31. The highest BCUT2D eigenvalue weighted by Crippen LogP contribution is 2.17. The molecule has 0 saturated carbocycles. The van der Waals surface area contributed by atoms with Crippen LogP contribution in [0.5, 0.6) is 0 Å². The van der Waals surface area contributed by atoms with Crippen LogP contribution in [0.25, 0.3) is 0 Å². The van der Waals surface area contributed by atoms with E-state index in [9.17, 15) is 9.59 Å². The van der Waals surface area contributed by atoms with Gasteiger partial charge in [-0.25, -0.2) is 0 Å². The van der Waals surface area contributed by atoms with Crippen molar-refractivity contribution in [2.75, 3.05) is 19.6 Å². The van der Waals surface area contributed by atoms with E-state index in [2.05, 4.69) is 22.1 Å². The smallest absolute Gasteiger partial charge is 0.231 e.